The van der Waals surface area contributed by atoms with Gasteiger partial charge in [0.15, 0.2) is 11.5 Å². The van der Waals surface area contributed by atoms with Crippen molar-refractivity contribution in [1.29, 1.82) is 0 Å². The zero-order valence-corrected chi connectivity index (χ0v) is 10.9. The summed E-state index contributed by atoms with van der Waals surface area (Å²) < 4.78 is 5.58. The Balaban J connectivity index is 2.56. The van der Waals surface area contributed by atoms with Gasteiger partial charge in [-0.3, -0.25) is 5.10 Å². The van der Waals surface area contributed by atoms with E-state index in [0.717, 1.165) is 0 Å². The summed E-state index contributed by atoms with van der Waals surface area (Å²) in [5.74, 6) is -0.934. The number of hydrogen-bond acceptors (Lipinski definition) is 4. The maximum absolute atomic E-state index is 10.8. The lowest BCUT2D eigenvalue weighted by Crippen LogP contribution is -1.95. The quantitative estimate of drug-likeness (QED) is 0.808. The summed E-state index contributed by atoms with van der Waals surface area (Å²) in [6.07, 6.45) is 0. The highest BCUT2D eigenvalue weighted by Gasteiger charge is 2.17. The standard InChI is InChI=1S/C11H9BrN2O4/c1-18-10-5(2-3-6(12)9(10)15)7-4-8(11(16)17)14-13-7/h2-4,15H,1H3,(H,13,14)(H,16,17). The monoisotopic (exact) mass is 312 g/mol. The van der Waals surface area contributed by atoms with Gasteiger partial charge in [-0.05, 0) is 34.1 Å². The smallest absolute Gasteiger partial charge is 0.353 e. The predicted molar refractivity (Wildman–Crippen MR) is 66.9 cm³/mol. The van der Waals surface area contributed by atoms with Crippen LogP contribution in [0.2, 0.25) is 0 Å². The van der Waals surface area contributed by atoms with E-state index in [9.17, 15) is 9.90 Å². The Labute approximate surface area is 110 Å². The van der Waals surface area contributed by atoms with Gasteiger partial charge in [-0.1, -0.05) is 0 Å². The lowest BCUT2D eigenvalue weighted by molar-refractivity contribution is 0.0690. The van der Waals surface area contributed by atoms with Crippen molar-refractivity contribution in [3.05, 3.63) is 28.4 Å². The third kappa shape index (κ3) is 2.04. The molecule has 0 amide bonds. The topological polar surface area (TPSA) is 95.4 Å². The lowest BCUT2D eigenvalue weighted by Gasteiger charge is -2.09. The number of hydrogen-bond donors (Lipinski definition) is 3. The highest BCUT2D eigenvalue weighted by Crippen LogP contribution is 2.41. The van der Waals surface area contributed by atoms with Crippen molar-refractivity contribution in [3.8, 4) is 22.8 Å². The highest BCUT2D eigenvalue weighted by molar-refractivity contribution is 9.10. The molecule has 0 atom stereocenters. The largest absolute Gasteiger partial charge is 0.503 e. The molecule has 0 spiro atoms. The van der Waals surface area contributed by atoms with Gasteiger partial charge in [0.2, 0.25) is 0 Å². The van der Waals surface area contributed by atoms with Gasteiger partial charge in [0.1, 0.15) is 5.69 Å². The molecule has 18 heavy (non-hydrogen) atoms. The predicted octanol–water partition coefficient (Wildman–Crippen LogP) is 2.25. The van der Waals surface area contributed by atoms with Crippen molar-refractivity contribution >= 4 is 21.9 Å². The molecule has 0 saturated carbocycles. The van der Waals surface area contributed by atoms with Crippen molar-refractivity contribution in [2.45, 2.75) is 0 Å². The van der Waals surface area contributed by atoms with Crippen LogP contribution in [0.4, 0.5) is 0 Å². The third-order valence-electron chi connectivity index (χ3n) is 2.37. The molecule has 2 aromatic rings. The van der Waals surface area contributed by atoms with Crippen molar-refractivity contribution in [3.63, 3.8) is 0 Å². The van der Waals surface area contributed by atoms with Crippen LogP contribution < -0.4 is 4.74 Å². The van der Waals surface area contributed by atoms with Crippen LogP contribution in [0.3, 0.4) is 0 Å². The van der Waals surface area contributed by atoms with E-state index in [-0.39, 0.29) is 17.2 Å². The lowest BCUT2D eigenvalue weighted by atomic mass is 10.1. The number of rotatable bonds is 3. The number of aromatic hydroxyl groups is 1. The molecule has 0 saturated heterocycles. The number of phenolic OH excluding ortho intramolecular Hbond substituents is 1. The van der Waals surface area contributed by atoms with Gasteiger partial charge in [0.05, 0.1) is 17.3 Å². The molecule has 0 aliphatic carbocycles. The van der Waals surface area contributed by atoms with Crippen LogP contribution in [0.15, 0.2) is 22.7 Å². The highest BCUT2D eigenvalue weighted by atomic mass is 79.9. The Morgan fingerprint density at radius 3 is 2.78 bits per heavy atom. The Bertz CT molecular complexity index is 609. The summed E-state index contributed by atoms with van der Waals surface area (Å²) in [4.78, 5) is 10.8. The number of carboxylic acid groups (broad SMARTS) is 1. The molecule has 0 bridgehead atoms. The summed E-state index contributed by atoms with van der Waals surface area (Å²) in [5, 5.41) is 24.9. The fraction of sp³-hybridized carbons (Fsp3) is 0.0909. The van der Waals surface area contributed by atoms with E-state index in [1.165, 1.54) is 13.2 Å². The number of H-pyrrole nitrogens is 1. The second kappa shape index (κ2) is 4.69. The average molecular weight is 313 g/mol. The molecule has 2 rings (SSSR count). The maximum Gasteiger partial charge on any atom is 0.353 e. The minimum absolute atomic E-state index is 0.0329. The Morgan fingerprint density at radius 2 is 2.22 bits per heavy atom. The summed E-state index contributed by atoms with van der Waals surface area (Å²) >= 11 is 3.17. The van der Waals surface area contributed by atoms with Gasteiger partial charge in [-0.15, -0.1) is 0 Å². The van der Waals surface area contributed by atoms with Crippen molar-refractivity contribution in [2.24, 2.45) is 0 Å². The zero-order chi connectivity index (χ0) is 13.3. The number of halogens is 1. The van der Waals surface area contributed by atoms with Crippen LogP contribution in [0.25, 0.3) is 11.3 Å². The van der Waals surface area contributed by atoms with Crippen LogP contribution in [-0.4, -0.2) is 33.5 Å². The van der Waals surface area contributed by atoms with Crippen molar-refractivity contribution in [2.75, 3.05) is 7.11 Å². The van der Waals surface area contributed by atoms with E-state index in [0.29, 0.717) is 15.7 Å². The minimum Gasteiger partial charge on any atom is -0.503 e. The molecule has 7 heteroatoms. The molecule has 0 aliphatic heterocycles. The van der Waals surface area contributed by atoms with Crippen LogP contribution in [0.1, 0.15) is 10.5 Å². The first-order valence-electron chi connectivity index (χ1n) is 4.89. The van der Waals surface area contributed by atoms with Crippen molar-refractivity contribution in [1.82, 2.24) is 10.2 Å². The number of benzene rings is 1. The molecule has 94 valence electrons. The number of aromatic carboxylic acids is 1. The number of carboxylic acids is 1. The molecule has 1 aromatic carbocycles. The van der Waals surface area contributed by atoms with E-state index in [2.05, 4.69) is 26.1 Å². The number of methoxy groups -OCH3 is 1. The number of aromatic nitrogens is 2. The zero-order valence-electron chi connectivity index (χ0n) is 9.27. The first-order valence-corrected chi connectivity index (χ1v) is 5.68. The molecule has 6 nitrogen and oxygen atoms in total. The minimum atomic E-state index is -1.10. The summed E-state index contributed by atoms with van der Waals surface area (Å²) in [5.41, 5.74) is 0.850. The molecule has 0 fully saturated rings. The number of phenols is 1. The van der Waals surface area contributed by atoms with E-state index < -0.39 is 5.97 Å². The number of nitrogens with zero attached hydrogens (tertiary/aromatic N) is 1. The molecule has 1 aromatic heterocycles. The van der Waals surface area contributed by atoms with Crippen LogP contribution in [-0.2, 0) is 0 Å². The molecule has 0 aliphatic rings. The van der Waals surface area contributed by atoms with E-state index in [4.69, 9.17) is 9.84 Å². The fourth-order valence-electron chi connectivity index (χ4n) is 1.52. The number of ether oxygens (including phenoxy) is 1. The molecular weight excluding hydrogens is 304 g/mol. The third-order valence-corrected chi connectivity index (χ3v) is 3.01. The van der Waals surface area contributed by atoms with Crippen LogP contribution in [0.5, 0.6) is 11.5 Å². The Kier molecular flexibility index (Phi) is 3.24. The molecule has 0 radical (unpaired) electrons. The van der Waals surface area contributed by atoms with Crippen molar-refractivity contribution < 1.29 is 19.7 Å². The number of carbonyl (C=O) groups is 1. The number of aromatic amines is 1. The second-order valence-corrected chi connectivity index (χ2v) is 4.30. The second-order valence-electron chi connectivity index (χ2n) is 3.45. The molecule has 1 heterocycles. The van der Waals surface area contributed by atoms with Gasteiger partial charge < -0.3 is 14.9 Å². The average Bonchev–Trinajstić information content (AvgIpc) is 2.82. The van der Waals surface area contributed by atoms with Gasteiger partial charge in [-0.25, -0.2) is 4.79 Å². The SMILES string of the molecule is COc1c(-c2cc(C(=O)O)[nH]n2)ccc(Br)c1O. The fourth-order valence-corrected chi connectivity index (χ4v) is 1.84. The maximum atomic E-state index is 10.8. The summed E-state index contributed by atoms with van der Waals surface area (Å²) in [6.45, 7) is 0. The first-order chi connectivity index (χ1) is 8.54. The van der Waals surface area contributed by atoms with E-state index in [1.54, 1.807) is 12.1 Å². The van der Waals surface area contributed by atoms with E-state index >= 15 is 0 Å². The van der Waals surface area contributed by atoms with Crippen LogP contribution in [0, 0.1) is 0 Å². The molecular formula is C11H9BrN2O4. The van der Waals surface area contributed by atoms with E-state index in [1.807, 2.05) is 0 Å². The van der Waals surface area contributed by atoms with Gasteiger partial charge in [0.25, 0.3) is 0 Å². The summed E-state index contributed by atoms with van der Waals surface area (Å²) in [7, 11) is 1.41. The molecule has 3 N–H and O–H groups in total. The van der Waals surface area contributed by atoms with Gasteiger partial charge in [-0.2, -0.15) is 5.10 Å². The molecule has 0 unspecified atom stereocenters. The normalized spacial score (nSPS) is 10.3. The number of nitrogens with one attached hydrogen (secondary N) is 1. The van der Waals surface area contributed by atoms with Gasteiger partial charge in [0, 0.05) is 5.56 Å². The Hall–Kier alpha value is -2.02. The van der Waals surface area contributed by atoms with Gasteiger partial charge >= 0.3 is 5.97 Å². The Morgan fingerprint density at radius 1 is 1.50 bits per heavy atom. The first kappa shape index (κ1) is 12.4. The van der Waals surface area contributed by atoms with Crippen LogP contribution >= 0.6 is 15.9 Å². The summed E-state index contributed by atoms with van der Waals surface area (Å²) in [6, 6.07) is 4.67.